The van der Waals surface area contributed by atoms with Crippen molar-refractivity contribution in [3.05, 3.63) is 66.4 Å². The van der Waals surface area contributed by atoms with Gasteiger partial charge >= 0.3 is 5.97 Å². The molecule has 2 N–H and O–H groups in total. The number of carboxylic acid groups (broad SMARTS) is 1. The summed E-state index contributed by atoms with van der Waals surface area (Å²) in [6.07, 6.45) is 4.10. The molecule has 0 bridgehead atoms. The van der Waals surface area contributed by atoms with E-state index in [4.69, 9.17) is 5.11 Å². The highest BCUT2D eigenvalue weighted by atomic mass is 32.2. The molecule has 4 heterocycles. The van der Waals surface area contributed by atoms with E-state index in [1.807, 2.05) is 7.05 Å². The van der Waals surface area contributed by atoms with Gasteiger partial charge in [-0.05, 0) is 63.3 Å². The Labute approximate surface area is 206 Å². The van der Waals surface area contributed by atoms with Crippen molar-refractivity contribution in [1.82, 2.24) is 24.6 Å². The second-order valence-corrected chi connectivity index (χ2v) is 10.9. The average Bonchev–Trinajstić information content (AvgIpc) is 3.36. The number of aromatic carboxylic acids is 1. The fourth-order valence-corrected chi connectivity index (χ4v) is 5.81. The van der Waals surface area contributed by atoms with E-state index in [1.54, 1.807) is 24.4 Å². The zero-order valence-corrected chi connectivity index (χ0v) is 20.1. The van der Waals surface area contributed by atoms with Gasteiger partial charge in [-0.15, -0.1) is 0 Å². The summed E-state index contributed by atoms with van der Waals surface area (Å²) in [4.78, 5) is 21.8. The predicted molar refractivity (Wildman–Crippen MR) is 131 cm³/mol. The standard InChI is InChI=1S/C24H23FN6O4S/c1-30-9-6-17(7-10-30)36(34,35)23-5-2-15-14-26-22(13-21(15)28-23)27-19-4-3-16(12-18(19)25)31-11-8-20(29-31)24(32)33/h2-5,8,11-14,17H,6-7,9-10H2,1H3,(H,26,27)(H,32,33). The Balaban J connectivity index is 1.39. The number of aromatic nitrogens is 4. The molecule has 0 atom stereocenters. The maximum absolute atomic E-state index is 14.8. The summed E-state index contributed by atoms with van der Waals surface area (Å²) < 4.78 is 42.4. The van der Waals surface area contributed by atoms with Crippen LogP contribution >= 0.6 is 0 Å². The van der Waals surface area contributed by atoms with Crippen LogP contribution in [0.15, 0.2) is 59.9 Å². The van der Waals surface area contributed by atoms with E-state index in [1.165, 1.54) is 35.1 Å². The average molecular weight is 511 g/mol. The Hall–Kier alpha value is -3.90. The molecule has 0 spiro atoms. The number of rotatable bonds is 6. The minimum atomic E-state index is -3.57. The molecule has 5 rings (SSSR count). The van der Waals surface area contributed by atoms with Crippen LogP contribution in [0, 0.1) is 5.82 Å². The lowest BCUT2D eigenvalue weighted by Crippen LogP contribution is -2.37. The number of likely N-dealkylation sites (tertiary alicyclic amines) is 1. The van der Waals surface area contributed by atoms with Crippen molar-refractivity contribution in [2.45, 2.75) is 23.1 Å². The van der Waals surface area contributed by atoms with Gasteiger partial charge in [-0.2, -0.15) is 5.10 Å². The minimum Gasteiger partial charge on any atom is -0.476 e. The van der Waals surface area contributed by atoms with E-state index in [2.05, 4.69) is 25.3 Å². The Bertz CT molecular complexity index is 1560. The lowest BCUT2D eigenvalue weighted by atomic mass is 10.1. The van der Waals surface area contributed by atoms with Crippen LogP contribution < -0.4 is 5.32 Å². The number of hydrogen-bond acceptors (Lipinski definition) is 8. The molecule has 0 aliphatic carbocycles. The topological polar surface area (TPSA) is 130 Å². The van der Waals surface area contributed by atoms with E-state index in [0.717, 1.165) is 13.1 Å². The highest BCUT2D eigenvalue weighted by Gasteiger charge is 2.31. The number of benzene rings is 1. The van der Waals surface area contributed by atoms with Crippen molar-refractivity contribution in [2.75, 3.05) is 25.5 Å². The quantitative estimate of drug-likeness (QED) is 0.401. The van der Waals surface area contributed by atoms with Crippen molar-refractivity contribution in [3.8, 4) is 5.69 Å². The van der Waals surface area contributed by atoms with Gasteiger partial charge in [0.2, 0.25) is 0 Å². The van der Waals surface area contributed by atoms with Crippen LogP contribution in [-0.2, 0) is 9.84 Å². The molecule has 1 aliphatic heterocycles. The molecule has 36 heavy (non-hydrogen) atoms. The molecule has 10 nitrogen and oxygen atoms in total. The van der Waals surface area contributed by atoms with Crippen LogP contribution in [0.1, 0.15) is 23.3 Å². The highest BCUT2D eigenvalue weighted by molar-refractivity contribution is 7.92. The summed E-state index contributed by atoms with van der Waals surface area (Å²) in [5, 5.41) is 16.0. The van der Waals surface area contributed by atoms with Crippen LogP contribution in [0.5, 0.6) is 0 Å². The smallest absolute Gasteiger partial charge is 0.356 e. The molecule has 12 heteroatoms. The molecular weight excluding hydrogens is 487 g/mol. The van der Waals surface area contributed by atoms with E-state index < -0.39 is 26.9 Å². The molecule has 0 unspecified atom stereocenters. The number of fused-ring (bicyclic) bond motifs is 1. The molecule has 3 aromatic heterocycles. The summed E-state index contributed by atoms with van der Waals surface area (Å²) >= 11 is 0. The van der Waals surface area contributed by atoms with Crippen LogP contribution in [0.4, 0.5) is 15.9 Å². The third kappa shape index (κ3) is 4.64. The van der Waals surface area contributed by atoms with Crippen molar-refractivity contribution in [2.24, 2.45) is 0 Å². The zero-order chi connectivity index (χ0) is 25.4. The molecule has 0 amide bonds. The first-order valence-electron chi connectivity index (χ1n) is 11.3. The number of piperidine rings is 1. The van der Waals surface area contributed by atoms with Crippen molar-refractivity contribution < 1.29 is 22.7 Å². The number of nitrogens with one attached hydrogen (secondary N) is 1. The first-order valence-corrected chi connectivity index (χ1v) is 12.8. The van der Waals surface area contributed by atoms with Crippen LogP contribution in [0.3, 0.4) is 0 Å². The van der Waals surface area contributed by atoms with E-state index in [9.17, 15) is 17.6 Å². The molecule has 1 fully saturated rings. The summed E-state index contributed by atoms with van der Waals surface area (Å²) in [5.74, 6) is -1.48. The number of anilines is 2. The monoisotopic (exact) mass is 510 g/mol. The fourth-order valence-electron chi connectivity index (χ4n) is 4.16. The first kappa shape index (κ1) is 23.8. The van der Waals surface area contributed by atoms with Gasteiger partial charge in [-0.3, -0.25) is 0 Å². The Morgan fingerprint density at radius 2 is 1.92 bits per heavy atom. The number of hydrogen-bond donors (Lipinski definition) is 2. The molecule has 1 saturated heterocycles. The van der Waals surface area contributed by atoms with Crippen LogP contribution in [0.2, 0.25) is 0 Å². The third-order valence-electron chi connectivity index (χ3n) is 6.23. The molecular formula is C24H23FN6O4S. The minimum absolute atomic E-state index is 0.0252. The normalized spacial score (nSPS) is 15.3. The van der Waals surface area contributed by atoms with Crippen molar-refractivity contribution in [3.63, 3.8) is 0 Å². The SMILES string of the molecule is CN1CCC(S(=O)(=O)c2ccc3cnc(Nc4ccc(-n5ccc(C(=O)O)n5)cc4F)cc3n2)CC1. The highest BCUT2D eigenvalue weighted by Crippen LogP contribution is 2.27. The number of carboxylic acids is 1. The summed E-state index contributed by atoms with van der Waals surface area (Å²) in [5.41, 5.74) is 0.757. The van der Waals surface area contributed by atoms with Crippen LogP contribution in [-0.4, -0.2) is 69.5 Å². The number of sulfone groups is 1. The van der Waals surface area contributed by atoms with Crippen molar-refractivity contribution in [1.29, 1.82) is 0 Å². The van der Waals surface area contributed by atoms with Gasteiger partial charge in [0.25, 0.3) is 0 Å². The Kier molecular flexibility index (Phi) is 6.14. The van der Waals surface area contributed by atoms with Gasteiger partial charge in [0.1, 0.15) is 11.6 Å². The Morgan fingerprint density at radius 3 is 2.61 bits per heavy atom. The predicted octanol–water partition coefficient (Wildman–Crippen LogP) is 3.26. The largest absolute Gasteiger partial charge is 0.476 e. The lowest BCUT2D eigenvalue weighted by Gasteiger charge is -2.28. The van der Waals surface area contributed by atoms with Gasteiger partial charge in [-0.1, -0.05) is 0 Å². The van der Waals surface area contributed by atoms with E-state index >= 15 is 0 Å². The fraction of sp³-hybridized carbons (Fsp3) is 0.250. The third-order valence-corrected chi connectivity index (χ3v) is 8.39. The van der Waals surface area contributed by atoms with Crippen LogP contribution in [0.25, 0.3) is 16.6 Å². The summed E-state index contributed by atoms with van der Waals surface area (Å²) in [7, 11) is -1.60. The lowest BCUT2D eigenvalue weighted by molar-refractivity contribution is 0.0690. The number of pyridine rings is 2. The molecule has 1 aromatic carbocycles. The van der Waals surface area contributed by atoms with E-state index in [0.29, 0.717) is 35.2 Å². The maximum atomic E-state index is 14.8. The van der Waals surface area contributed by atoms with Gasteiger partial charge < -0.3 is 15.3 Å². The molecule has 4 aromatic rings. The Morgan fingerprint density at radius 1 is 1.14 bits per heavy atom. The number of carbonyl (C=O) groups is 1. The summed E-state index contributed by atoms with van der Waals surface area (Å²) in [6, 6.07) is 10.3. The molecule has 0 saturated carbocycles. The van der Waals surface area contributed by atoms with Gasteiger partial charge in [0.15, 0.2) is 20.6 Å². The molecule has 0 radical (unpaired) electrons. The van der Waals surface area contributed by atoms with Gasteiger partial charge in [0.05, 0.1) is 22.1 Å². The van der Waals surface area contributed by atoms with E-state index in [-0.39, 0.29) is 16.4 Å². The second-order valence-electron chi connectivity index (χ2n) is 8.70. The first-order chi connectivity index (χ1) is 17.2. The van der Waals surface area contributed by atoms with Crippen molar-refractivity contribution >= 4 is 38.2 Å². The maximum Gasteiger partial charge on any atom is 0.356 e. The van der Waals surface area contributed by atoms with Gasteiger partial charge in [-0.25, -0.2) is 32.3 Å². The number of nitrogens with zero attached hydrogens (tertiary/aromatic N) is 5. The molecule has 186 valence electrons. The second kappa shape index (κ2) is 9.28. The molecule has 1 aliphatic rings. The number of halogens is 1. The van der Waals surface area contributed by atoms with Gasteiger partial charge in [0, 0.05) is 29.9 Å². The summed E-state index contributed by atoms with van der Waals surface area (Å²) in [6.45, 7) is 1.45. The zero-order valence-electron chi connectivity index (χ0n) is 19.3.